The van der Waals surface area contributed by atoms with Gasteiger partial charge < -0.3 is 19.9 Å². The summed E-state index contributed by atoms with van der Waals surface area (Å²) in [6, 6.07) is 0. The lowest BCUT2D eigenvalue weighted by Gasteiger charge is -2.28. The van der Waals surface area contributed by atoms with Crippen molar-refractivity contribution in [2.45, 2.75) is 24.8 Å². The highest BCUT2D eigenvalue weighted by atomic mass is 16.5. The van der Waals surface area contributed by atoms with Crippen molar-refractivity contribution < 1.29 is 24.2 Å². The van der Waals surface area contributed by atoms with E-state index in [4.69, 9.17) is 9.47 Å². The number of carboxylic acids is 1. The first-order valence-corrected chi connectivity index (χ1v) is 5.85. The lowest BCUT2D eigenvalue weighted by atomic mass is 9.94. The van der Waals surface area contributed by atoms with Gasteiger partial charge in [-0.2, -0.15) is 0 Å². The molecule has 0 bridgehead atoms. The molecule has 2 aliphatic rings. The van der Waals surface area contributed by atoms with Crippen LogP contribution in [0.3, 0.4) is 0 Å². The van der Waals surface area contributed by atoms with Gasteiger partial charge in [0.05, 0.1) is 6.61 Å². The monoisotopic (exact) mass is 243 g/mol. The average molecular weight is 243 g/mol. The maximum absolute atomic E-state index is 12.0. The molecule has 2 heterocycles. The Bertz CT molecular complexity index is 305. The summed E-state index contributed by atoms with van der Waals surface area (Å²) in [6.45, 7) is 1.56. The van der Waals surface area contributed by atoms with Crippen molar-refractivity contribution in [2.75, 3.05) is 26.4 Å². The van der Waals surface area contributed by atoms with E-state index >= 15 is 0 Å². The van der Waals surface area contributed by atoms with Crippen LogP contribution in [0.1, 0.15) is 19.3 Å². The highest BCUT2D eigenvalue weighted by Gasteiger charge is 2.44. The Labute approximate surface area is 99.3 Å². The largest absolute Gasteiger partial charge is 0.479 e. The molecular weight excluding hydrogens is 226 g/mol. The molecule has 2 fully saturated rings. The Hall–Kier alpha value is -1.14. The van der Waals surface area contributed by atoms with Gasteiger partial charge in [0.25, 0.3) is 0 Å². The van der Waals surface area contributed by atoms with Gasteiger partial charge in [0.15, 0.2) is 5.54 Å². The predicted molar refractivity (Wildman–Crippen MR) is 57.5 cm³/mol. The van der Waals surface area contributed by atoms with Gasteiger partial charge in [0.2, 0.25) is 5.91 Å². The second kappa shape index (κ2) is 5.01. The van der Waals surface area contributed by atoms with Crippen molar-refractivity contribution in [1.29, 1.82) is 0 Å². The van der Waals surface area contributed by atoms with E-state index in [1.807, 2.05) is 0 Å². The number of amides is 1. The smallest absolute Gasteiger partial charge is 0.331 e. The van der Waals surface area contributed by atoms with Crippen molar-refractivity contribution in [3.8, 4) is 0 Å². The summed E-state index contributed by atoms with van der Waals surface area (Å²) < 4.78 is 10.3. The number of carboxylic acid groups (broad SMARTS) is 1. The molecule has 0 aliphatic carbocycles. The van der Waals surface area contributed by atoms with Crippen molar-refractivity contribution in [3.63, 3.8) is 0 Å². The fourth-order valence-corrected chi connectivity index (χ4v) is 2.18. The topological polar surface area (TPSA) is 84.9 Å². The first kappa shape index (κ1) is 12.3. The second-order valence-electron chi connectivity index (χ2n) is 4.57. The van der Waals surface area contributed by atoms with Gasteiger partial charge in [0.1, 0.15) is 0 Å². The van der Waals surface area contributed by atoms with Gasteiger partial charge in [-0.15, -0.1) is 0 Å². The van der Waals surface area contributed by atoms with Crippen LogP contribution in [0.15, 0.2) is 0 Å². The molecule has 6 heteroatoms. The summed E-state index contributed by atoms with van der Waals surface area (Å²) in [5, 5.41) is 11.8. The minimum absolute atomic E-state index is 0.0529. The fourth-order valence-electron chi connectivity index (χ4n) is 2.18. The molecule has 0 aromatic carbocycles. The number of ether oxygens (including phenoxy) is 2. The third-order valence-electron chi connectivity index (χ3n) is 3.39. The number of aliphatic carboxylic acids is 1. The molecule has 0 aromatic heterocycles. The molecule has 17 heavy (non-hydrogen) atoms. The maximum atomic E-state index is 12.0. The highest BCUT2D eigenvalue weighted by Crippen LogP contribution is 2.22. The SMILES string of the molecule is O=C(NC1(C(=O)O)CCOC1)C1CCOCC1. The van der Waals surface area contributed by atoms with Crippen molar-refractivity contribution in [1.82, 2.24) is 5.32 Å². The van der Waals surface area contributed by atoms with Crippen LogP contribution >= 0.6 is 0 Å². The number of hydrogen-bond acceptors (Lipinski definition) is 4. The van der Waals surface area contributed by atoms with Gasteiger partial charge in [-0.25, -0.2) is 4.79 Å². The lowest BCUT2D eigenvalue weighted by molar-refractivity contribution is -0.148. The first-order valence-electron chi connectivity index (χ1n) is 5.85. The van der Waals surface area contributed by atoms with Crippen LogP contribution in [-0.4, -0.2) is 48.9 Å². The van der Waals surface area contributed by atoms with Gasteiger partial charge in [0, 0.05) is 32.2 Å². The fraction of sp³-hybridized carbons (Fsp3) is 0.818. The molecule has 1 atom stereocenters. The molecular formula is C11H17NO5. The number of hydrogen-bond donors (Lipinski definition) is 2. The number of carbonyl (C=O) groups excluding carboxylic acids is 1. The molecule has 1 amide bonds. The third kappa shape index (κ3) is 2.58. The average Bonchev–Trinajstić information content (AvgIpc) is 2.80. The van der Waals surface area contributed by atoms with Crippen LogP contribution in [0, 0.1) is 5.92 Å². The Balaban J connectivity index is 1.98. The highest BCUT2D eigenvalue weighted by molar-refractivity contribution is 5.88. The molecule has 2 saturated heterocycles. The van der Waals surface area contributed by atoms with Crippen LogP contribution < -0.4 is 5.32 Å². The summed E-state index contributed by atoms with van der Waals surface area (Å²) in [6.07, 6.45) is 1.64. The van der Waals surface area contributed by atoms with E-state index in [1.54, 1.807) is 0 Å². The van der Waals surface area contributed by atoms with Gasteiger partial charge in [-0.05, 0) is 12.8 Å². The number of nitrogens with one attached hydrogen (secondary N) is 1. The number of rotatable bonds is 3. The Morgan fingerprint density at radius 1 is 1.18 bits per heavy atom. The van der Waals surface area contributed by atoms with Crippen molar-refractivity contribution in [3.05, 3.63) is 0 Å². The van der Waals surface area contributed by atoms with Crippen LogP contribution in [0.4, 0.5) is 0 Å². The summed E-state index contributed by atoms with van der Waals surface area (Å²) in [4.78, 5) is 23.2. The van der Waals surface area contributed by atoms with E-state index in [9.17, 15) is 14.7 Å². The first-order chi connectivity index (χ1) is 8.14. The summed E-state index contributed by atoms with van der Waals surface area (Å²) in [5.74, 6) is -1.35. The molecule has 1 unspecified atom stereocenters. The Morgan fingerprint density at radius 3 is 2.41 bits per heavy atom. The quantitative estimate of drug-likeness (QED) is 0.715. The zero-order chi connectivity index (χ0) is 12.3. The molecule has 2 aliphatic heterocycles. The molecule has 2 N–H and O–H groups in total. The summed E-state index contributed by atoms with van der Waals surface area (Å²) in [5.41, 5.74) is -1.23. The zero-order valence-electron chi connectivity index (χ0n) is 9.61. The molecule has 0 radical (unpaired) electrons. The van der Waals surface area contributed by atoms with Crippen LogP contribution in [0.25, 0.3) is 0 Å². The predicted octanol–water partition coefficient (Wildman–Crippen LogP) is -0.227. The Kier molecular flexibility index (Phi) is 3.63. The van der Waals surface area contributed by atoms with Crippen LogP contribution in [-0.2, 0) is 19.1 Å². The molecule has 96 valence electrons. The molecule has 0 spiro atoms. The standard InChI is InChI=1S/C11H17NO5/c13-9(8-1-4-16-5-2-8)12-11(10(14)15)3-6-17-7-11/h8H,1-7H2,(H,12,13)(H,14,15). The minimum Gasteiger partial charge on any atom is -0.479 e. The van der Waals surface area contributed by atoms with E-state index in [2.05, 4.69) is 5.32 Å². The van der Waals surface area contributed by atoms with E-state index in [1.165, 1.54) is 0 Å². The van der Waals surface area contributed by atoms with E-state index in [-0.39, 0.29) is 18.4 Å². The molecule has 6 nitrogen and oxygen atoms in total. The van der Waals surface area contributed by atoms with Gasteiger partial charge in [-0.3, -0.25) is 4.79 Å². The minimum atomic E-state index is -1.23. The van der Waals surface area contributed by atoms with E-state index in [0.29, 0.717) is 39.1 Å². The molecule has 2 rings (SSSR count). The third-order valence-corrected chi connectivity index (χ3v) is 3.39. The number of carbonyl (C=O) groups is 2. The summed E-state index contributed by atoms with van der Waals surface area (Å²) in [7, 11) is 0. The van der Waals surface area contributed by atoms with Gasteiger partial charge >= 0.3 is 5.97 Å². The van der Waals surface area contributed by atoms with E-state index in [0.717, 1.165) is 0 Å². The zero-order valence-corrected chi connectivity index (χ0v) is 9.61. The van der Waals surface area contributed by atoms with Crippen LogP contribution in [0.2, 0.25) is 0 Å². The normalized spacial score (nSPS) is 30.1. The van der Waals surface area contributed by atoms with Crippen molar-refractivity contribution in [2.24, 2.45) is 5.92 Å². The van der Waals surface area contributed by atoms with E-state index < -0.39 is 11.5 Å². The maximum Gasteiger partial charge on any atom is 0.331 e. The van der Waals surface area contributed by atoms with Crippen molar-refractivity contribution >= 4 is 11.9 Å². The Morgan fingerprint density at radius 2 is 1.88 bits per heavy atom. The molecule has 0 saturated carbocycles. The second-order valence-corrected chi connectivity index (χ2v) is 4.57. The van der Waals surface area contributed by atoms with Crippen LogP contribution in [0.5, 0.6) is 0 Å². The molecule has 0 aromatic rings. The lowest BCUT2D eigenvalue weighted by Crippen LogP contribution is -2.56. The summed E-state index contributed by atoms with van der Waals surface area (Å²) >= 11 is 0. The van der Waals surface area contributed by atoms with Gasteiger partial charge in [-0.1, -0.05) is 0 Å².